The molecule has 1 atom stereocenters. The summed E-state index contributed by atoms with van der Waals surface area (Å²) in [4.78, 5) is 11.8. The van der Waals surface area contributed by atoms with E-state index in [2.05, 4.69) is 0 Å². The number of hydrogen-bond acceptors (Lipinski definition) is 4. The van der Waals surface area contributed by atoms with E-state index in [4.69, 9.17) is 4.74 Å². The maximum absolute atomic E-state index is 11.8. The molecule has 0 saturated heterocycles. The number of thioether (sulfide) groups is 1. The molecule has 2 aromatic rings. The van der Waals surface area contributed by atoms with Gasteiger partial charge in [0.15, 0.2) is 0 Å². The van der Waals surface area contributed by atoms with Crippen molar-refractivity contribution < 1.29 is 14.6 Å². The van der Waals surface area contributed by atoms with E-state index < -0.39 is 4.75 Å². The molecule has 3 nitrogen and oxygen atoms in total. The largest absolute Gasteiger partial charge is 0.510 e. The summed E-state index contributed by atoms with van der Waals surface area (Å²) in [5, 5.41) is 10.2. The van der Waals surface area contributed by atoms with Crippen LogP contribution >= 0.6 is 11.8 Å². The van der Waals surface area contributed by atoms with Crippen molar-refractivity contribution in [2.45, 2.75) is 25.0 Å². The van der Waals surface area contributed by atoms with E-state index in [1.54, 1.807) is 6.92 Å². The van der Waals surface area contributed by atoms with Crippen LogP contribution in [0.15, 0.2) is 65.9 Å². The number of aliphatic hydroxyl groups excluding tert-OH is 1. The summed E-state index contributed by atoms with van der Waals surface area (Å²) in [7, 11) is 0. The fourth-order valence-corrected chi connectivity index (χ4v) is 3.82. The minimum atomic E-state index is -0.605. The summed E-state index contributed by atoms with van der Waals surface area (Å²) in [6, 6.07) is 17.3. The molecule has 4 heteroatoms. The van der Waals surface area contributed by atoms with E-state index >= 15 is 0 Å². The van der Waals surface area contributed by atoms with Gasteiger partial charge in [0.2, 0.25) is 5.12 Å². The zero-order valence-electron chi connectivity index (χ0n) is 13.1. The number of para-hydroxylation sites is 1. The van der Waals surface area contributed by atoms with Crippen molar-refractivity contribution in [3.8, 4) is 11.5 Å². The highest BCUT2D eigenvalue weighted by molar-refractivity contribution is 8.15. The quantitative estimate of drug-likeness (QED) is 0.869. The lowest BCUT2D eigenvalue weighted by Crippen LogP contribution is -2.23. The molecule has 0 bridgehead atoms. The van der Waals surface area contributed by atoms with Gasteiger partial charge in [-0.25, -0.2) is 0 Å². The van der Waals surface area contributed by atoms with Crippen LogP contribution < -0.4 is 4.74 Å². The zero-order valence-corrected chi connectivity index (χ0v) is 13.9. The fourth-order valence-electron chi connectivity index (χ4n) is 2.68. The van der Waals surface area contributed by atoms with Crippen LogP contribution in [0.5, 0.6) is 11.5 Å². The Kier molecular flexibility index (Phi) is 4.18. The van der Waals surface area contributed by atoms with Gasteiger partial charge in [0.25, 0.3) is 0 Å². The van der Waals surface area contributed by atoms with Gasteiger partial charge in [-0.3, -0.25) is 4.79 Å². The molecule has 118 valence electrons. The molecule has 1 aliphatic rings. The highest BCUT2D eigenvalue weighted by Crippen LogP contribution is 2.44. The average Bonchev–Trinajstić information content (AvgIpc) is 2.72. The van der Waals surface area contributed by atoms with Crippen molar-refractivity contribution in [3.05, 3.63) is 71.5 Å². The number of hydrogen-bond donors (Lipinski definition) is 1. The van der Waals surface area contributed by atoms with E-state index in [0.29, 0.717) is 12.0 Å². The van der Waals surface area contributed by atoms with Crippen LogP contribution in [0.4, 0.5) is 0 Å². The first kappa shape index (κ1) is 15.7. The predicted octanol–water partition coefficient (Wildman–Crippen LogP) is 4.89. The van der Waals surface area contributed by atoms with Crippen molar-refractivity contribution in [2.75, 3.05) is 0 Å². The molecule has 23 heavy (non-hydrogen) atoms. The maximum Gasteiger partial charge on any atom is 0.219 e. The number of carbonyl (C=O) groups excluding carboxylic acids is 1. The molecule has 0 radical (unpaired) electrons. The minimum absolute atomic E-state index is 0.0540. The van der Waals surface area contributed by atoms with E-state index in [9.17, 15) is 9.90 Å². The Balaban J connectivity index is 1.80. The SMILES string of the molecule is CC1=C(O)[C@](C)(Cc2cccc(Oc3ccccc3)c2)SC1=O. The van der Waals surface area contributed by atoms with Gasteiger partial charge in [0.1, 0.15) is 17.3 Å². The Bertz CT molecular complexity index is 767. The molecule has 0 amide bonds. The fraction of sp³-hybridized carbons (Fsp3) is 0.211. The zero-order chi connectivity index (χ0) is 16.4. The molecular formula is C19H18O3S. The Morgan fingerprint density at radius 1 is 1.09 bits per heavy atom. The van der Waals surface area contributed by atoms with Crippen molar-refractivity contribution >= 4 is 16.9 Å². The molecule has 0 saturated carbocycles. The minimum Gasteiger partial charge on any atom is -0.510 e. The van der Waals surface area contributed by atoms with Crippen LogP contribution in [0.25, 0.3) is 0 Å². The Hall–Kier alpha value is -2.20. The van der Waals surface area contributed by atoms with Gasteiger partial charge in [-0.05, 0) is 50.1 Å². The summed E-state index contributed by atoms with van der Waals surface area (Å²) in [6.45, 7) is 3.57. The third-order valence-electron chi connectivity index (χ3n) is 3.90. The van der Waals surface area contributed by atoms with Crippen molar-refractivity contribution in [1.29, 1.82) is 0 Å². The van der Waals surface area contributed by atoms with Gasteiger partial charge in [-0.1, -0.05) is 42.1 Å². The summed E-state index contributed by atoms with van der Waals surface area (Å²) < 4.78 is 5.23. The number of rotatable bonds is 4. The highest BCUT2D eigenvalue weighted by Gasteiger charge is 2.41. The first-order chi connectivity index (χ1) is 11.0. The monoisotopic (exact) mass is 326 g/mol. The first-order valence-corrected chi connectivity index (χ1v) is 8.25. The molecule has 0 aliphatic carbocycles. The summed E-state index contributed by atoms with van der Waals surface area (Å²) in [5.74, 6) is 1.70. The van der Waals surface area contributed by atoms with Crippen LogP contribution in [0.1, 0.15) is 19.4 Å². The molecule has 0 fully saturated rings. The third-order valence-corrected chi connectivity index (χ3v) is 5.18. The first-order valence-electron chi connectivity index (χ1n) is 7.43. The van der Waals surface area contributed by atoms with Gasteiger partial charge in [-0.2, -0.15) is 0 Å². The van der Waals surface area contributed by atoms with Crippen molar-refractivity contribution in [2.24, 2.45) is 0 Å². The van der Waals surface area contributed by atoms with Gasteiger partial charge >= 0.3 is 0 Å². The van der Waals surface area contributed by atoms with Crippen LogP contribution in [0.2, 0.25) is 0 Å². The summed E-state index contributed by atoms with van der Waals surface area (Å²) >= 11 is 1.18. The lowest BCUT2D eigenvalue weighted by Gasteiger charge is -2.22. The molecule has 3 rings (SSSR count). The van der Waals surface area contributed by atoms with Gasteiger partial charge in [0, 0.05) is 5.57 Å². The van der Waals surface area contributed by atoms with Gasteiger partial charge in [-0.15, -0.1) is 0 Å². The molecule has 2 aromatic carbocycles. The van der Waals surface area contributed by atoms with Crippen LogP contribution in [0.3, 0.4) is 0 Å². The normalized spacial score (nSPS) is 20.9. The average molecular weight is 326 g/mol. The summed E-state index contributed by atoms with van der Waals surface area (Å²) in [6.07, 6.45) is 0.568. The lowest BCUT2D eigenvalue weighted by atomic mass is 9.96. The second-order valence-corrected chi connectivity index (χ2v) is 7.31. The van der Waals surface area contributed by atoms with Crippen molar-refractivity contribution in [3.63, 3.8) is 0 Å². The smallest absolute Gasteiger partial charge is 0.219 e. The molecule has 0 aromatic heterocycles. The summed E-state index contributed by atoms with van der Waals surface area (Å²) in [5.41, 5.74) is 1.47. The van der Waals surface area contributed by atoms with E-state index in [1.165, 1.54) is 11.8 Å². The number of benzene rings is 2. The number of ether oxygens (including phenoxy) is 1. The second kappa shape index (κ2) is 6.13. The molecule has 0 unspecified atom stereocenters. The molecule has 1 aliphatic heterocycles. The Morgan fingerprint density at radius 3 is 2.43 bits per heavy atom. The van der Waals surface area contributed by atoms with Gasteiger partial charge in [0.05, 0.1) is 4.75 Å². The van der Waals surface area contributed by atoms with Crippen LogP contribution in [-0.2, 0) is 11.2 Å². The van der Waals surface area contributed by atoms with E-state index in [1.807, 2.05) is 61.5 Å². The number of carbonyl (C=O) groups is 1. The van der Waals surface area contributed by atoms with Crippen molar-refractivity contribution in [1.82, 2.24) is 0 Å². The van der Waals surface area contributed by atoms with Crippen LogP contribution in [-0.4, -0.2) is 15.0 Å². The molecule has 0 spiro atoms. The number of aliphatic hydroxyl groups is 1. The Labute approximate surface area is 140 Å². The molecule has 1 heterocycles. The Morgan fingerprint density at radius 2 is 1.78 bits per heavy atom. The molecule has 1 N–H and O–H groups in total. The van der Waals surface area contributed by atoms with E-state index in [-0.39, 0.29) is 10.9 Å². The molecular weight excluding hydrogens is 308 g/mol. The lowest BCUT2D eigenvalue weighted by molar-refractivity contribution is -0.107. The third kappa shape index (κ3) is 3.27. The van der Waals surface area contributed by atoms with Crippen LogP contribution in [0, 0.1) is 0 Å². The maximum atomic E-state index is 11.8. The van der Waals surface area contributed by atoms with E-state index in [0.717, 1.165) is 17.1 Å². The van der Waals surface area contributed by atoms with Gasteiger partial charge < -0.3 is 9.84 Å². The second-order valence-electron chi connectivity index (χ2n) is 5.83. The predicted molar refractivity (Wildman–Crippen MR) is 93.0 cm³/mol. The topological polar surface area (TPSA) is 46.5 Å². The standard InChI is InChI=1S/C19H18O3S/c1-13-17(20)19(2,23-18(13)21)12-14-7-6-10-16(11-14)22-15-8-4-3-5-9-15/h3-11,20H,12H2,1-2H3/t19-/m0/s1. The highest BCUT2D eigenvalue weighted by atomic mass is 32.2.